The van der Waals surface area contributed by atoms with Gasteiger partial charge in [-0.05, 0) is 36.8 Å². The molecule has 0 fully saturated rings. The van der Waals surface area contributed by atoms with Crippen LogP contribution in [0.3, 0.4) is 0 Å². The van der Waals surface area contributed by atoms with E-state index in [1.807, 2.05) is 24.3 Å². The van der Waals surface area contributed by atoms with Gasteiger partial charge in [-0.2, -0.15) is 5.10 Å². The fourth-order valence-electron chi connectivity index (χ4n) is 2.59. The van der Waals surface area contributed by atoms with Crippen LogP contribution < -0.4 is 11.1 Å². The highest BCUT2D eigenvalue weighted by molar-refractivity contribution is 6.04. The Morgan fingerprint density at radius 1 is 1.08 bits per heavy atom. The van der Waals surface area contributed by atoms with Crippen LogP contribution in [0, 0.1) is 6.92 Å². The molecule has 0 unspecified atom stereocenters. The van der Waals surface area contributed by atoms with Crippen LogP contribution in [0.15, 0.2) is 56.8 Å². The Kier molecular flexibility index (Phi) is 4.45. The summed E-state index contributed by atoms with van der Waals surface area (Å²) in [6.07, 6.45) is 0. The lowest BCUT2D eigenvalue weighted by atomic mass is 10.1. The van der Waals surface area contributed by atoms with Gasteiger partial charge in [0.1, 0.15) is 22.8 Å². The topological polar surface area (TPSA) is 112 Å². The zero-order chi connectivity index (χ0) is 18.8. The lowest BCUT2D eigenvalue weighted by Gasteiger charge is -2.07. The molecule has 3 aromatic rings. The minimum Gasteiger partial charge on any atom is -0.507 e. The number of hydrogen-bond acceptors (Lipinski definition) is 6. The van der Waals surface area contributed by atoms with E-state index in [0.717, 1.165) is 10.8 Å². The van der Waals surface area contributed by atoms with Crippen molar-refractivity contribution in [3.63, 3.8) is 0 Å². The third kappa shape index (κ3) is 3.27. The maximum absolute atomic E-state index is 12.3. The van der Waals surface area contributed by atoms with Crippen LogP contribution in [0.25, 0.3) is 10.8 Å². The molecule has 0 aliphatic rings. The number of nitrogens with zero attached hydrogens (tertiary/aromatic N) is 1. The van der Waals surface area contributed by atoms with Crippen LogP contribution >= 0.6 is 0 Å². The van der Waals surface area contributed by atoms with E-state index in [-0.39, 0.29) is 34.1 Å². The third-order valence-corrected chi connectivity index (χ3v) is 3.85. The number of carbonyl (C=O) groups is 1. The predicted molar refractivity (Wildman–Crippen MR) is 96.7 cm³/mol. The number of phenols is 1. The van der Waals surface area contributed by atoms with Crippen molar-refractivity contribution in [2.75, 3.05) is 0 Å². The molecule has 3 rings (SSSR count). The number of carbonyl (C=O) groups excluding carboxylic acids is 1. The highest BCUT2D eigenvalue weighted by Gasteiger charge is 2.15. The molecule has 7 heteroatoms. The second-order valence-corrected chi connectivity index (χ2v) is 5.76. The molecular weight excluding hydrogens is 336 g/mol. The molecule has 1 aromatic heterocycles. The number of aromatic hydroxyl groups is 2. The summed E-state index contributed by atoms with van der Waals surface area (Å²) in [6, 6.07) is 11.6. The molecule has 1 amide bonds. The first kappa shape index (κ1) is 17.2. The van der Waals surface area contributed by atoms with E-state index in [1.165, 1.54) is 26.0 Å². The SMILES string of the molecule is CC(=NNC(=O)c1cc2ccccc2cc1O)c1c(O)cc(C)oc1=O. The average molecular weight is 352 g/mol. The number of phenolic OH excluding ortho intramolecular Hbond substituents is 1. The molecule has 1 heterocycles. The Morgan fingerprint density at radius 3 is 2.38 bits per heavy atom. The fourth-order valence-corrected chi connectivity index (χ4v) is 2.59. The van der Waals surface area contributed by atoms with Crippen LogP contribution in [-0.2, 0) is 0 Å². The minimum atomic E-state index is -0.758. The van der Waals surface area contributed by atoms with Crippen LogP contribution in [0.5, 0.6) is 11.5 Å². The van der Waals surface area contributed by atoms with Crippen molar-refractivity contribution < 1.29 is 19.4 Å². The van der Waals surface area contributed by atoms with Crippen molar-refractivity contribution in [3.05, 3.63) is 69.8 Å². The van der Waals surface area contributed by atoms with Crippen molar-refractivity contribution in [2.24, 2.45) is 5.10 Å². The van der Waals surface area contributed by atoms with Crippen LogP contribution in [0.1, 0.15) is 28.6 Å². The molecule has 0 aliphatic heterocycles. The summed E-state index contributed by atoms with van der Waals surface area (Å²) in [6.45, 7) is 2.98. The lowest BCUT2D eigenvalue weighted by molar-refractivity contribution is 0.0952. The largest absolute Gasteiger partial charge is 0.507 e. The van der Waals surface area contributed by atoms with Gasteiger partial charge in [0.25, 0.3) is 5.91 Å². The molecule has 0 saturated carbocycles. The van der Waals surface area contributed by atoms with E-state index in [4.69, 9.17) is 4.42 Å². The van der Waals surface area contributed by atoms with E-state index >= 15 is 0 Å². The van der Waals surface area contributed by atoms with Crippen LogP contribution in [0.4, 0.5) is 0 Å². The van der Waals surface area contributed by atoms with Crippen molar-refractivity contribution in [3.8, 4) is 11.5 Å². The van der Waals surface area contributed by atoms with Gasteiger partial charge in [0.15, 0.2) is 0 Å². The minimum absolute atomic E-state index is 0.0420. The maximum atomic E-state index is 12.3. The number of fused-ring (bicyclic) bond motifs is 1. The molecule has 26 heavy (non-hydrogen) atoms. The predicted octanol–water partition coefficient (Wildman–Crippen LogP) is 2.67. The summed E-state index contributed by atoms with van der Waals surface area (Å²) in [5.41, 5.74) is 1.49. The second-order valence-electron chi connectivity index (χ2n) is 5.76. The number of hydrogen-bond donors (Lipinski definition) is 3. The normalized spacial score (nSPS) is 11.5. The molecule has 7 nitrogen and oxygen atoms in total. The quantitative estimate of drug-likeness (QED) is 0.495. The Morgan fingerprint density at radius 2 is 1.73 bits per heavy atom. The summed E-state index contributed by atoms with van der Waals surface area (Å²) in [4.78, 5) is 24.2. The van der Waals surface area contributed by atoms with Gasteiger partial charge in [-0.15, -0.1) is 0 Å². The zero-order valence-electron chi connectivity index (χ0n) is 14.1. The van der Waals surface area contributed by atoms with Gasteiger partial charge in [-0.3, -0.25) is 4.79 Å². The molecule has 2 aromatic carbocycles. The van der Waals surface area contributed by atoms with Gasteiger partial charge >= 0.3 is 5.63 Å². The standard InChI is InChI=1S/C19H16N2O5/c1-10-7-16(23)17(19(25)26-10)11(2)20-21-18(24)14-8-12-5-3-4-6-13(12)9-15(14)22/h3-9,22-23H,1-2H3,(H,21,24). The van der Waals surface area contributed by atoms with Crippen LogP contribution in [0.2, 0.25) is 0 Å². The van der Waals surface area contributed by atoms with E-state index in [0.29, 0.717) is 0 Å². The molecule has 3 N–H and O–H groups in total. The Balaban J connectivity index is 1.90. The highest BCUT2D eigenvalue weighted by Crippen LogP contribution is 2.25. The molecule has 0 radical (unpaired) electrons. The Labute approximate surface area is 148 Å². The Hall–Kier alpha value is -3.61. The van der Waals surface area contributed by atoms with E-state index in [9.17, 15) is 19.8 Å². The van der Waals surface area contributed by atoms with Gasteiger partial charge < -0.3 is 14.6 Å². The molecule has 0 aliphatic carbocycles. The van der Waals surface area contributed by atoms with Crippen molar-refractivity contribution in [1.29, 1.82) is 0 Å². The highest BCUT2D eigenvalue weighted by atomic mass is 16.4. The van der Waals surface area contributed by atoms with Crippen molar-refractivity contribution in [2.45, 2.75) is 13.8 Å². The third-order valence-electron chi connectivity index (χ3n) is 3.85. The number of benzene rings is 2. The smallest absolute Gasteiger partial charge is 0.348 e. The number of hydrazone groups is 1. The molecule has 0 saturated heterocycles. The molecule has 132 valence electrons. The fraction of sp³-hybridized carbons (Fsp3) is 0.105. The number of aryl methyl sites for hydroxylation is 1. The van der Waals surface area contributed by atoms with Crippen molar-refractivity contribution in [1.82, 2.24) is 5.43 Å². The number of nitrogens with one attached hydrogen (secondary N) is 1. The first-order chi connectivity index (χ1) is 12.4. The van der Waals surface area contributed by atoms with Crippen LogP contribution in [-0.4, -0.2) is 21.8 Å². The summed E-state index contributed by atoms with van der Waals surface area (Å²) >= 11 is 0. The lowest BCUT2D eigenvalue weighted by Crippen LogP contribution is -2.21. The molecular formula is C19H16N2O5. The molecule has 0 spiro atoms. The number of amides is 1. The van der Waals surface area contributed by atoms with Gasteiger partial charge in [-0.1, -0.05) is 24.3 Å². The van der Waals surface area contributed by atoms with E-state index in [1.54, 1.807) is 6.07 Å². The first-order valence-corrected chi connectivity index (χ1v) is 7.77. The maximum Gasteiger partial charge on any atom is 0.348 e. The monoisotopic (exact) mass is 352 g/mol. The molecule has 0 bridgehead atoms. The average Bonchev–Trinajstić information content (AvgIpc) is 2.58. The summed E-state index contributed by atoms with van der Waals surface area (Å²) in [5.74, 6) is -0.868. The van der Waals surface area contributed by atoms with Gasteiger partial charge in [0.2, 0.25) is 0 Å². The summed E-state index contributed by atoms with van der Waals surface area (Å²) < 4.78 is 4.92. The van der Waals surface area contributed by atoms with Gasteiger partial charge in [-0.25, -0.2) is 10.2 Å². The first-order valence-electron chi connectivity index (χ1n) is 7.77. The van der Waals surface area contributed by atoms with E-state index in [2.05, 4.69) is 10.5 Å². The number of rotatable bonds is 3. The van der Waals surface area contributed by atoms with E-state index < -0.39 is 11.5 Å². The summed E-state index contributed by atoms with van der Waals surface area (Å²) in [7, 11) is 0. The summed E-state index contributed by atoms with van der Waals surface area (Å²) in [5, 5.41) is 25.4. The van der Waals surface area contributed by atoms with Gasteiger partial charge in [0, 0.05) is 6.07 Å². The Bertz CT molecular complexity index is 1100. The molecule has 0 atom stereocenters. The second kappa shape index (κ2) is 6.72. The van der Waals surface area contributed by atoms with Gasteiger partial charge in [0.05, 0.1) is 11.3 Å². The zero-order valence-corrected chi connectivity index (χ0v) is 14.1. The van der Waals surface area contributed by atoms with Crippen molar-refractivity contribution >= 4 is 22.4 Å².